The Hall–Kier alpha value is -1.90. The lowest BCUT2D eigenvalue weighted by Gasteiger charge is -2.31. The molecule has 0 saturated carbocycles. The number of rotatable bonds is 5. The maximum Gasteiger partial charge on any atom is 0.269 e. The standard InChI is InChI=1S/C15H19N3O2/c1-2-9-17-10-7-14(8-11-17)16-12-13-3-5-15(6-4-13)18(19)20/h1,3-6,14,16H,7-12H2. The molecule has 1 aliphatic heterocycles. The number of terminal acetylenes is 1. The lowest BCUT2D eigenvalue weighted by molar-refractivity contribution is -0.384. The molecule has 0 radical (unpaired) electrons. The number of nitrogens with zero attached hydrogens (tertiary/aromatic N) is 2. The fraction of sp³-hybridized carbons (Fsp3) is 0.467. The topological polar surface area (TPSA) is 58.4 Å². The number of likely N-dealkylation sites (tertiary alicyclic amines) is 1. The van der Waals surface area contributed by atoms with E-state index in [1.54, 1.807) is 24.3 Å². The Labute approximate surface area is 119 Å². The van der Waals surface area contributed by atoms with Gasteiger partial charge in [-0.15, -0.1) is 6.42 Å². The summed E-state index contributed by atoms with van der Waals surface area (Å²) in [6.07, 6.45) is 7.49. The zero-order valence-electron chi connectivity index (χ0n) is 11.4. The number of hydrogen-bond donors (Lipinski definition) is 1. The van der Waals surface area contributed by atoms with Crippen molar-refractivity contribution in [3.63, 3.8) is 0 Å². The van der Waals surface area contributed by atoms with Crippen molar-refractivity contribution in [2.24, 2.45) is 0 Å². The summed E-state index contributed by atoms with van der Waals surface area (Å²) in [5.41, 5.74) is 1.21. The summed E-state index contributed by atoms with van der Waals surface area (Å²) >= 11 is 0. The Morgan fingerprint density at radius 1 is 1.35 bits per heavy atom. The highest BCUT2D eigenvalue weighted by Crippen LogP contribution is 2.13. The SMILES string of the molecule is C#CCN1CCC(NCc2ccc([N+](=O)[O-])cc2)CC1. The molecule has 0 aromatic heterocycles. The molecule has 1 aromatic rings. The van der Waals surface area contributed by atoms with Gasteiger partial charge in [-0.3, -0.25) is 15.0 Å². The summed E-state index contributed by atoms with van der Waals surface area (Å²) in [4.78, 5) is 12.5. The van der Waals surface area contributed by atoms with Crippen LogP contribution < -0.4 is 5.32 Å². The third kappa shape index (κ3) is 4.05. The average molecular weight is 273 g/mol. The van der Waals surface area contributed by atoms with Gasteiger partial charge in [0, 0.05) is 37.8 Å². The van der Waals surface area contributed by atoms with Crippen LogP contribution in [0.1, 0.15) is 18.4 Å². The molecule has 0 aliphatic carbocycles. The first-order valence-electron chi connectivity index (χ1n) is 6.81. The van der Waals surface area contributed by atoms with E-state index in [9.17, 15) is 10.1 Å². The Bertz CT molecular complexity index is 485. The van der Waals surface area contributed by atoms with Crippen molar-refractivity contribution in [2.45, 2.75) is 25.4 Å². The molecule has 20 heavy (non-hydrogen) atoms. The van der Waals surface area contributed by atoms with Crippen molar-refractivity contribution in [1.82, 2.24) is 10.2 Å². The van der Waals surface area contributed by atoms with Crippen LogP contribution in [0.3, 0.4) is 0 Å². The van der Waals surface area contributed by atoms with E-state index < -0.39 is 0 Å². The molecule has 5 nitrogen and oxygen atoms in total. The third-order valence-electron chi connectivity index (χ3n) is 3.64. The van der Waals surface area contributed by atoms with Crippen LogP contribution in [0.2, 0.25) is 0 Å². The average Bonchev–Trinajstić information content (AvgIpc) is 2.47. The van der Waals surface area contributed by atoms with Crippen LogP contribution in [0.4, 0.5) is 5.69 Å². The van der Waals surface area contributed by atoms with E-state index >= 15 is 0 Å². The Morgan fingerprint density at radius 2 is 2.00 bits per heavy atom. The van der Waals surface area contributed by atoms with Crippen molar-refractivity contribution in [1.29, 1.82) is 0 Å². The minimum absolute atomic E-state index is 0.136. The van der Waals surface area contributed by atoms with E-state index in [0.29, 0.717) is 6.04 Å². The Balaban J connectivity index is 1.76. The summed E-state index contributed by atoms with van der Waals surface area (Å²) in [5, 5.41) is 14.1. The van der Waals surface area contributed by atoms with E-state index in [1.165, 1.54) is 0 Å². The smallest absolute Gasteiger partial charge is 0.269 e. The number of nitrogens with one attached hydrogen (secondary N) is 1. The number of nitro groups is 1. The largest absolute Gasteiger partial charge is 0.310 e. The normalized spacial score (nSPS) is 16.8. The first kappa shape index (κ1) is 14.5. The van der Waals surface area contributed by atoms with Crippen molar-refractivity contribution in [3.8, 4) is 12.3 Å². The molecule has 1 aromatic carbocycles. The highest BCUT2D eigenvalue weighted by Gasteiger charge is 2.17. The Kier molecular flexibility index (Phi) is 5.10. The molecule has 5 heteroatoms. The van der Waals surface area contributed by atoms with Crippen LogP contribution in [0, 0.1) is 22.5 Å². The van der Waals surface area contributed by atoms with Gasteiger partial charge in [0.2, 0.25) is 0 Å². The monoisotopic (exact) mass is 273 g/mol. The van der Waals surface area contributed by atoms with Crippen LogP contribution in [-0.4, -0.2) is 35.5 Å². The molecule has 106 valence electrons. The van der Waals surface area contributed by atoms with Gasteiger partial charge < -0.3 is 5.32 Å². The van der Waals surface area contributed by atoms with Crippen molar-refractivity contribution in [2.75, 3.05) is 19.6 Å². The summed E-state index contributed by atoms with van der Waals surface area (Å²) < 4.78 is 0. The van der Waals surface area contributed by atoms with E-state index in [1.807, 2.05) is 0 Å². The number of benzene rings is 1. The molecule has 0 bridgehead atoms. The highest BCUT2D eigenvalue weighted by molar-refractivity contribution is 5.32. The molecule has 1 heterocycles. The van der Waals surface area contributed by atoms with Gasteiger partial charge in [-0.25, -0.2) is 0 Å². The van der Waals surface area contributed by atoms with Gasteiger partial charge in [0.05, 0.1) is 11.5 Å². The molecule has 1 aliphatic rings. The summed E-state index contributed by atoms with van der Waals surface area (Å²) in [6.45, 7) is 3.54. The lowest BCUT2D eigenvalue weighted by atomic mass is 10.0. The molecule has 1 fully saturated rings. The first-order valence-corrected chi connectivity index (χ1v) is 6.81. The van der Waals surface area contributed by atoms with E-state index in [-0.39, 0.29) is 10.6 Å². The molecule has 0 spiro atoms. The molecular formula is C15H19N3O2. The zero-order valence-corrected chi connectivity index (χ0v) is 11.4. The molecule has 1 N–H and O–H groups in total. The number of hydrogen-bond acceptors (Lipinski definition) is 4. The molecular weight excluding hydrogens is 254 g/mol. The van der Waals surface area contributed by atoms with Crippen LogP contribution in [0.5, 0.6) is 0 Å². The predicted octanol–water partition coefficient (Wildman–Crippen LogP) is 1.78. The van der Waals surface area contributed by atoms with Gasteiger partial charge in [-0.05, 0) is 18.4 Å². The van der Waals surface area contributed by atoms with Gasteiger partial charge in [0.1, 0.15) is 0 Å². The molecule has 1 saturated heterocycles. The third-order valence-corrected chi connectivity index (χ3v) is 3.64. The van der Waals surface area contributed by atoms with Crippen molar-refractivity contribution in [3.05, 3.63) is 39.9 Å². The van der Waals surface area contributed by atoms with E-state index in [0.717, 1.165) is 44.6 Å². The summed E-state index contributed by atoms with van der Waals surface area (Å²) in [5.74, 6) is 2.67. The number of piperidine rings is 1. The van der Waals surface area contributed by atoms with Gasteiger partial charge in [0.15, 0.2) is 0 Å². The van der Waals surface area contributed by atoms with Crippen LogP contribution >= 0.6 is 0 Å². The quantitative estimate of drug-likeness (QED) is 0.505. The van der Waals surface area contributed by atoms with Gasteiger partial charge in [0.25, 0.3) is 5.69 Å². The maximum absolute atomic E-state index is 10.6. The van der Waals surface area contributed by atoms with Crippen LogP contribution in [-0.2, 0) is 6.54 Å². The second-order valence-electron chi connectivity index (χ2n) is 5.06. The van der Waals surface area contributed by atoms with E-state index in [4.69, 9.17) is 6.42 Å². The van der Waals surface area contributed by atoms with Crippen molar-refractivity contribution >= 4 is 5.69 Å². The predicted molar refractivity (Wildman–Crippen MR) is 78.2 cm³/mol. The highest BCUT2D eigenvalue weighted by atomic mass is 16.6. The van der Waals surface area contributed by atoms with Gasteiger partial charge in [-0.2, -0.15) is 0 Å². The fourth-order valence-electron chi connectivity index (χ4n) is 2.42. The minimum Gasteiger partial charge on any atom is -0.310 e. The maximum atomic E-state index is 10.6. The lowest BCUT2D eigenvalue weighted by Crippen LogP contribution is -2.42. The zero-order chi connectivity index (χ0) is 14.4. The number of nitro benzene ring substituents is 1. The van der Waals surface area contributed by atoms with Crippen molar-refractivity contribution < 1.29 is 4.92 Å². The second-order valence-corrected chi connectivity index (χ2v) is 5.06. The molecule has 0 atom stereocenters. The summed E-state index contributed by atoms with van der Waals surface area (Å²) in [6, 6.07) is 7.20. The first-order chi connectivity index (χ1) is 9.69. The van der Waals surface area contributed by atoms with Gasteiger partial charge >= 0.3 is 0 Å². The molecule has 0 amide bonds. The van der Waals surface area contributed by atoms with E-state index in [2.05, 4.69) is 16.1 Å². The fourth-order valence-corrected chi connectivity index (χ4v) is 2.42. The summed E-state index contributed by atoms with van der Waals surface area (Å²) in [7, 11) is 0. The minimum atomic E-state index is -0.377. The number of non-ortho nitro benzene ring substituents is 1. The molecule has 2 rings (SSSR count). The Morgan fingerprint density at radius 3 is 2.55 bits per heavy atom. The van der Waals surface area contributed by atoms with Crippen LogP contribution in [0.25, 0.3) is 0 Å². The van der Waals surface area contributed by atoms with Gasteiger partial charge in [-0.1, -0.05) is 18.1 Å². The van der Waals surface area contributed by atoms with Crippen LogP contribution in [0.15, 0.2) is 24.3 Å². The second kappa shape index (κ2) is 7.04. The molecule has 0 unspecified atom stereocenters.